The van der Waals surface area contributed by atoms with Crippen molar-refractivity contribution in [3.05, 3.63) is 70.3 Å². The molecule has 0 bridgehead atoms. The van der Waals surface area contributed by atoms with Crippen LogP contribution in [0.2, 0.25) is 5.02 Å². The molecule has 2 N–H and O–H groups in total. The average Bonchev–Trinajstić information content (AvgIpc) is 3.13. The van der Waals surface area contributed by atoms with Gasteiger partial charge in [-0.1, -0.05) is 41.8 Å². The smallest absolute Gasteiger partial charge is 0.264 e. The molecule has 2 aliphatic carbocycles. The number of carbonyl (C=O) groups excluding carboxylic acids is 1. The second kappa shape index (κ2) is 13.7. The lowest BCUT2D eigenvalue weighted by atomic mass is 9.64. The van der Waals surface area contributed by atoms with E-state index in [1.807, 2.05) is 18.2 Å². The molecule has 0 aromatic heterocycles. The Morgan fingerprint density at radius 3 is 2.64 bits per heavy atom. The molecule has 2 aromatic carbocycles. The van der Waals surface area contributed by atoms with Crippen molar-refractivity contribution >= 4 is 43.2 Å². The summed E-state index contributed by atoms with van der Waals surface area (Å²) in [4.78, 5) is 15.6. The predicted molar refractivity (Wildman–Crippen MR) is 195 cm³/mol. The molecule has 1 saturated carbocycles. The van der Waals surface area contributed by atoms with Crippen molar-refractivity contribution in [3.8, 4) is 16.9 Å². The monoisotopic (exact) mass is 700 g/mol. The van der Waals surface area contributed by atoms with Crippen molar-refractivity contribution in [2.45, 2.75) is 75.6 Å². The molecule has 0 saturated heterocycles. The summed E-state index contributed by atoms with van der Waals surface area (Å²) in [5, 5.41) is 15.4. The van der Waals surface area contributed by atoms with Crippen molar-refractivity contribution in [3.63, 3.8) is 0 Å². The van der Waals surface area contributed by atoms with Crippen molar-refractivity contribution in [2.75, 3.05) is 43.4 Å². The minimum Gasteiger partial charge on any atom is -0.490 e. The van der Waals surface area contributed by atoms with Gasteiger partial charge in [0.25, 0.3) is 5.91 Å². The minimum atomic E-state index is -3.81. The maximum absolute atomic E-state index is 13.2. The zero-order valence-electron chi connectivity index (χ0n) is 28.4. The van der Waals surface area contributed by atoms with Crippen LogP contribution in [0.25, 0.3) is 0 Å². The Morgan fingerprint density at radius 2 is 1.98 bits per heavy atom. The summed E-state index contributed by atoms with van der Waals surface area (Å²) in [6.07, 6.45) is 15.8. The first-order valence-electron chi connectivity index (χ1n) is 16.5. The van der Waals surface area contributed by atoms with Gasteiger partial charge in [0.05, 0.1) is 17.5 Å². The van der Waals surface area contributed by atoms with Gasteiger partial charge in [0, 0.05) is 35.0 Å². The van der Waals surface area contributed by atoms with E-state index in [1.54, 1.807) is 18.2 Å². The van der Waals surface area contributed by atoms with E-state index in [0.29, 0.717) is 25.4 Å². The summed E-state index contributed by atoms with van der Waals surface area (Å²) in [5.41, 5.74) is 1.92. The first-order chi connectivity index (χ1) is 22.1. The molecule has 7 nitrogen and oxygen atoms in total. The van der Waals surface area contributed by atoms with Crippen LogP contribution in [0.3, 0.4) is 0 Å². The number of sulfonamides is 1. The Balaban J connectivity index is 1.55. The Hall–Kier alpha value is -2.64. The number of anilines is 1. The van der Waals surface area contributed by atoms with E-state index in [0.717, 1.165) is 49.2 Å². The molecular weight excluding hydrogens is 652 g/mol. The molecule has 1 amide bonds. The van der Waals surface area contributed by atoms with Crippen molar-refractivity contribution < 1.29 is 23.1 Å². The highest BCUT2D eigenvalue weighted by molar-refractivity contribution is 8.35. The number of hydrogen-bond acceptors (Lipinski definition) is 6. The van der Waals surface area contributed by atoms with Gasteiger partial charge in [-0.25, -0.2) is 13.1 Å². The van der Waals surface area contributed by atoms with Crippen LogP contribution >= 0.6 is 21.6 Å². The Kier molecular flexibility index (Phi) is 10.4. The summed E-state index contributed by atoms with van der Waals surface area (Å²) >= 11 is 6.43. The maximum atomic E-state index is 13.2. The topological polar surface area (TPSA) is 95.9 Å². The molecule has 3 aliphatic rings. The summed E-state index contributed by atoms with van der Waals surface area (Å²) in [6.45, 7) is 6.88. The second-order valence-electron chi connectivity index (χ2n) is 14.5. The maximum Gasteiger partial charge on any atom is 0.264 e. The fourth-order valence-electron chi connectivity index (χ4n) is 7.00. The number of allylic oxidation sites excluding steroid dienone is 1. The van der Waals surface area contributed by atoms with Gasteiger partial charge in [0.15, 0.2) is 0 Å². The average molecular weight is 701 g/mol. The molecule has 1 fully saturated rings. The molecular formula is C37H49ClN2O5S2. The molecule has 1 spiro atoms. The highest BCUT2D eigenvalue weighted by atomic mass is 35.5. The van der Waals surface area contributed by atoms with Gasteiger partial charge < -0.3 is 14.7 Å². The van der Waals surface area contributed by atoms with E-state index in [-0.39, 0.29) is 22.8 Å². The number of benzene rings is 2. The SMILES string of the molecule is CC/C=C/[C@](O)(C#CS(C)(C)C)[C@@H]1CC[C@H]1CN1C[C@@]2(CCCc3cc(Cl)ccc32)COc2ccc(C(=O)NS(=O)(=O)C(C)C)cc21. The number of hydrogen-bond donors (Lipinski definition) is 2. The van der Waals surface area contributed by atoms with Crippen LogP contribution in [-0.4, -0.2) is 68.7 Å². The van der Waals surface area contributed by atoms with Gasteiger partial charge in [-0.3, -0.25) is 4.79 Å². The molecule has 256 valence electrons. The molecule has 4 atom stereocenters. The highest BCUT2D eigenvalue weighted by Crippen LogP contribution is 2.48. The number of halogens is 1. The third-order valence-corrected chi connectivity index (χ3v) is 12.4. The zero-order valence-corrected chi connectivity index (χ0v) is 30.8. The summed E-state index contributed by atoms with van der Waals surface area (Å²) in [7, 11) is -4.95. The summed E-state index contributed by atoms with van der Waals surface area (Å²) in [6, 6.07) is 11.3. The first kappa shape index (κ1) is 35.7. The number of rotatable bonds is 8. The van der Waals surface area contributed by atoms with E-state index in [2.05, 4.69) is 58.6 Å². The largest absolute Gasteiger partial charge is 0.490 e. The van der Waals surface area contributed by atoms with Crippen LogP contribution in [0, 0.1) is 23.0 Å². The first-order valence-corrected chi connectivity index (χ1v) is 21.3. The predicted octanol–water partition coefficient (Wildman–Crippen LogP) is 6.66. The van der Waals surface area contributed by atoms with Crippen LogP contribution in [-0.2, 0) is 21.9 Å². The Bertz CT molecular complexity index is 1710. The van der Waals surface area contributed by atoms with Crippen LogP contribution in [0.1, 0.15) is 74.4 Å². The van der Waals surface area contributed by atoms with Gasteiger partial charge in [-0.2, -0.15) is 10.0 Å². The number of carbonyl (C=O) groups is 1. The lowest BCUT2D eigenvalue weighted by Crippen LogP contribution is -2.52. The molecule has 47 heavy (non-hydrogen) atoms. The lowest BCUT2D eigenvalue weighted by Gasteiger charge is -2.47. The number of aliphatic hydroxyl groups is 1. The third kappa shape index (κ3) is 7.83. The van der Waals surface area contributed by atoms with E-state index < -0.39 is 36.8 Å². The lowest BCUT2D eigenvalue weighted by molar-refractivity contribution is -0.00308. The van der Waals surface area contributed by atoms with Crippen molar-refractivity contribution in [2.24, 2.45) is 11.8 Å². The molecule has 1 aliphatic heterocycles. The normalized spacial score (nSPS) is 24.2. The van der Waals surface area contributed by atoms with Gasteiger partial charge in [0.2, 0.25) is 10.0 Å². The molecule has 0 unspecified atom stereocenters. The molecule has 10 heteroatoms. The van der Waals surface area contributed by atoms with Gasteiger partial charge in [0.1, 0.15) is 11.4 Å². The number of nitrogens with zero attached hydrogens (tertiary/aromatic N) is 1. The summed E-state index contributed by atoms with van der Waals surface area (Å²) in [5.74, 6) is 3.36. The number of fused-ring (bicyclic) bond motifs is 3. The molecule has 1 heterocycles. The fourth-order valence-corrected chi connectivity index (χ4v) is 8.28. The highest BCUT2D eigenvalue weighted by Gasteiger charge is 2.47. The zero-order chi connectivity index (χ0) is 34.2. The molecule has 2 aromatic rings. The second-order valence-corrected chi connectivity index (χ2v) is 21.0. The van der Waals surface area contributed by atoms with Gasteiger partial charge >= 0.3 is 0 Å². The molecule has 5 rings (SSSR count). The minimum absolute atomic E-state index is 0.0526. The van der Waals surface area contributed by atoms with Crippen LogP contribution in [0.15, 0.2) is 48.6 Å². The number of nitrogens with one attached hydrogen (secondary N) is 1. The van der Waals surface area contributed by atoms with E-state index in [4.69, 9.17) is 16.3 Å². The van der Waals surface area contributed by atoms with Crippen molar-refractivity contribution in [1.82, 2.24) is 4.72 Å². The quantitative estimate of drug-likeness (QED) is 0.236. The van der Waals surface area contributed by atoms with Crippen LogP contribution in [0.4, 0.5) is 5.69 Å². The van der Waals surface area contributed by atoms with Crippen LogP contribution < -0.4 is 14.4 Å². The van der Waals surface area contributed by atoms with Gasteiger partial charge in [-0.05, 0) is 125 Å². The van der Waals surface area contributed by atoms with E-state index in [1.165, 1.54) is 25.0 Å². The van der Waals surface area contributed by atoms with Crippen molar-refractivity contribution in [1.29, 1.82) is 0 Å². The number of aryl methyl sites for hydroxylation is 1. The number of ether oxygens (including phenoxy) is 1. The third-order valence-electron chi connectivity index (χ3n) is 9.76. The number of amides is 1. The Labute approximate surface area is 287 Å². The Morgan fingerprint density at radius 1 is 1.21 bits per heavy atom. The fraction of sp³-hybridized carbons (Fsp3) is 0.541. The summed E-state index contributed by atoms with van der Waals surface area (Å²) < 4.78 is 33.9. The van der Waals surface area contributed by atoms with E-state index >= 15 is 0 Å². The van der Waals surface area contributed by atoms with E-state index in [9.17, 15) is 18.3 Å². The standard InChI is InChI=1S/C37H49ClN2O5S2/c1-7-8-18-37(42,19-20-46(4,5)6)32-14-11-29(32)23-40-24-36(17-9-10-27-21-30(38)13-15-31(27)36)25-45-34-16-12-28(22-33(34)40)35(41)39-47(43,44)26(2)3/h8,12-13,15-16,18,21-22,26,29,32,42H,7,9-11,14,17,23-25H2,1-6H3,(H,39,41)/b18-8+/t29-,32+,36-,37-/m0/s1. The van der Waals surface area contributed by atoms with Crippen LogP contribution in [0.5, 0.6) is 5.75 Å². The van der Waals surface area contributed by atoms with Gasteiger partial charge in [-0.15, -0.1) is 0 Å². The molecule has 0 radical (unpaired) electrons.